The summed E-state index contributed by atoms with van der Waals surface area (Å²) >= 11 is 2.02. The zero-order valence-corrected chi connectivity index (χ0v) is 13.4. The molecule has 1 unspecified atom stereocenters. The summed E-state index contributed by atoms with van der Waals surface area (Å²) in [6, 6.07) is 0.765. The van der Waals surface area contributed by atoms with Gasteiger partial charge in [0.1, 0.15) is 5.01 Å². The maximum Gasteiger partial charge on any atom is 0.113 e. The fourth-order valence-corrected chi connectivity index (χ4v) is 5.44. The Bertz CT molecular complexity index is 464. The van der Waals surface area contributed by atoms with Gasteiger partial charge in [0.2, 0.25) is 0 Å². The van der Waals surface area contributed by atoms with Gasteiger partial charge in [-0.15, -0.1) is 11.3 Å². The minimum atomic E-state index is 0.149. The summed E-state index contributed by atoms with van der Waals surface area (Å²) in [5.41, 5.74) is 1.57. The molecule has 3 aliphatic rings. The molecule has 0 aromatic carbocycles. The molecular formula is C17H26N2S. The molecule has 3 heteroatoms. The van der Waals surface area contributed by atoms with Crippen molar-refractivity contribution < 1.29 is 0 Å². The Hall–Kier alpha value is -0.410. The molecule has 1 aromatic rings. The molecule has 4 rings (SSSR count). The molecule has 0 aliphatic heterocycles. The summed E-state index contributed by atoms with van der Waals surface area (Å²) in [7, 11) is 0. The van der Waals surface area contributed by atoms with Crippen molar-refractivity contribution in [2.75, 3.05) is 0 Å². The lowest BCUT2D eigenvalue weighted by molar-refractivity contribution is 0.174. The first-order chi connectivity index (χ1) is 9.75. The minimum Gasteiger partial charge on any atom is -0.303 e. The third-order valence-electron chi connectivity index (χ3n) is 5.54. The second-order valence-corrected chi connectivity index (χ2v) is 8.28. The van der Waals surface area contributed by atoms with Crippen molar-refractivity contribution in [3.8, 4) is 0 Å². The third-order valence-corrected chi connectivity index (χ3v) is 6.94. The molecule has 1 heterocycles. The van der Waals surface area contributed by atoms with Crippen LogP contribution >= 0.6 is 11.3 Å². The Labute approximate surface area is 126 Å². The van der Waals surface area contributed by atoms with Crippen molar-refractivity contribution in [1.29, 1.82) is 0 Å². The number of hydrogen-bond acceptors (Lipinski definition) is 3. The average molecular weight is 290 g/mol. The number of fused-ring (bicyclic) bond motifs is 1. The van der Waals surface area contributed by atoms with Crippen molar-refractivity contribution in [1.82, 2.24) is 10.3 Å². The number of nitrogens with zero attached hydrogens (tertiary/aromatic N) is 1. The largest absolute Gasteiger partial charge is 0.303 e. The van der Waals surface area contributed by atoms with Crippen LogP contribution in [-0.2, 0) is 18.4 Å². The van der Waals surface area contributed by atoms with Crippen LogP contribution in [0.5, 0.6) is 0 Å². The third kappa shape index (κ3) is 2.33. The summed E-state index contributed by atoms with van der Waals surface area (Å²) in [6.07, 6.45) is 13.6. The lowest BCUT2D eigenvalue weighted by Gasteiger charge is -2.39. The Morgan fingerprint density at radius 2 is 1.85 bits per heavy atom. The molecular weight excluding hydrogens is 264 g/mol. The molecule has 110 valence electrons. The van der Waals surface area contributed by atoms with Crippen molar-refractivity contribution in [3.05, 3.63) is 15.6 Å². The van der Waals surface area contributed by atoms with Crippen LogP contribution in [0.1, 0.15) is 73.9 Å². The smallest absolute Gasteiger partial charge is 0.113 e. The fourth-order valence-electron chi connectivity index (χ4n) is 4.10. The second kappa shape index (κ2) is 5.10. The molecule has 3 aliphatic carbocycles. The van der Waals surface area contributed by atoms with E-state index in [-0.39, 0.29) is 5.54 Å². The molecule has 0 spiro atoms. The Morgan fingerprint density at radius 3 is 2.55 bits per heavy atom. The van der Waals surface area contributed by atoms with E-state index in [1.165, 1.54) is 74.9 Å². The molecule has 1 aromatic heterocycles. The molecule has 0 bridgehead atoms. The van der Waals surface area contributed by atoms with Crippen molar-refractivity contribution in [3.63, 3.8) is 0 Å². The monoisotopic (exact) mass is 290 g/mol. The van der Waals surface area contributed by atoms with Crippen LogP contribution in [0.25, 0.3) is 0 Å². The molecule has 2 saturated carbocycles. The number of aromatic nitrogens is 1. The lowest BCUT2D eigenvalue weighted by Crippen LogP contribution is -2.47. The Kier molecular flexibility index (Phi) is 3.38. The van der Waals surface area contributed by atoms with Gasteiger partial charge in [0.15, 0.2) is 0 Å². The van der Waals surface area contributed by atoms with Gasteiger partial charge in [0, 0.05) is 10.9 Å². The molecule has 0 radical (unpaired) electrons. The van der Waals surface area contributed by atoms with E-state index in [2.05, 4.69) is 12.2 Å². The van der Waals surface area contributed by atoms with E-state index >= 15 is 0 Å². The molecule has 0 amide bonds. The molecule has 1 N–H and O–H groups in total. The van der Waals surface area contributed by atoms with Gasteiger partial charge in [0.05, 0.1) is 11.2 Å². The topological polar surface area (TPSA) is 24.9 Å². The molecule has 2 nitrogen and oxygen atoms in total. The van der Waals surface area contributed by atoms with Crippen LogP contribution in [0.3, 0.4) is 0 Å². The number of aryl methyl sites for hydroxylation is 2. The quantitative estimate of drug-likeness (QED) is 0.900. The summed E-state index contributed by atoms with van der Waals surface area (Å²) in [6.45, 7) is 2.45. The predicted octanol–water partition coefficient (Wildman–Crippen LogP) is 4.18. The van der Waals surface area contributed by atoms with Gasteiger partial charge in [-0.3, -0.25) is 0 Å². The highest BCUT2D eigenvalue weighted by Gasteiger charge is 2.43. The maximum atomic E-state index is 5.07. The van der Waals surface area contributed by atoms with Gasteiger partial charge in [-0.05, 0) is 57.8 Å². The minimum absolute atomic E-state index is 0.149. The van der Waals surface area contributed by atoms with Gasteiger partial charge in [-0.2, -0.15) is 0 Å². The van der Waals surface area contributed by atoms with Crippen LogP contribution in [0.4, 0.5) is 0 Å². The van der Waals surface area contributed by atoms with Crippen molar-refractivity contribution >= 4 is 11.3 Å². The average Bonchev–Trinajstić information content (AvgIpc) is 3.00. The second-order valence-electron chi connectivity index (χ2n) is 7.20. The highest BCUT2D eigenvalue weighted by Crippen LogP contribution is 2.44. The van der Waals surface area contributed by atoms with Gasteiger partial charge in [0.25, 0.3) is 0 Å². The van der Waals surface area contributed by atoms with Crippen LogP contribution in [-0.4, -0.2) is 11.0 Å². The zero-order valence-electron chi connectivity index (χ0n) is 12.6. The van der Waals surface area contributed by atoms with E-state index in [4.69, 9.17) is 4.98 Å². The van der Waals surface area contributed by atoms with Crippen molar-refractivity contribution in [2.24, 2.45) is 5.92 Å². The summed E-state index contributed by atoms with van der Waals surface area (Å²) in [5, 5.41) is 5.39. The summed E-state index contributed by atoms with van der Waals surface area (Å²) < 4.78 is 0. The molecule has 0 saturated heterocycles. The normalized spacial score (nSPS) is 26.4. The van der Waals surface area contributed by atoms with Crippen LogP contribution in [0.2, 0.25) is 0 Å². The zero-order chi connectivity index (χ0) is 13.6. The fraction of sp³-hybridized carbons (Fsp3) is 0.824. The van der Waals surface area contributed by atoms with Gasteiger partial charge >= 0.3 is 0 Å². The van der Waals surface area contributed by atoms with Crippen molar-refractivity contribution in [2.45, 2.75) is 82.7 Å². The number of nitrogens with one attached hydrogen (secondary N) is 1. The first kappa shape index (κ1) is 13.3. The standard InChI is InChI=1S/C17H26N2S/c1-17(19-13-10-11-13,12-6-3-2-4-7-12)16-18-14-8-5-9-15(14)20-16/h12-13,19H,2-11H2,1H3. The highest BCUT2D eigenvalue weighted by molar-refractivity contribution is 7.12. The Morgan fingerprint density at radius 1 is 1.05 bits per heavy atom. The maximum absolute atomic E-state index is 5.07. The SMILES string of the molecule is CC(NC1CC1)(c1nc2c(s1)CCC2)C1CCCCC1. The van der Waals surface area contributed by atoms with E-state index in [0.29, 0.717) is 0 Å². The van der Waals surface area contributed by atoms with E-state index in [0.717, 1.165) is 12.0 Å². The summed E-state index contributed by atoms with van der Waals surface area (Å²) in [5.74, 6) is 0.795. The highest BCUT2D eigenvalue weighted by atomic mass is 32.1. The van der Waals surface area contributed by atoms with E-state index in [1.807, 2.05) is 11.3 Å². The van der Waals surface area contributed by atoms with Gasteiger partial charge < -0.3 is 5.32 Å². The lowest BCUT2D eigenvalue weighted by atomic mass is 9.75. The summed E-state index contributed by atoms with van der Waals surface area (Å²) in [4.78, 5) is 6.66. The molecule has 2 fully saturated rings. The van der Waals surface area contributed by atoms with Gasteiger partial charge in [-0.25, -0.2) is 4.98 Å². The van der Waals surface area contributed by atoms with Crippen LogP contribution in [0, 0.1) is 5.92 Å². The number of thiazole rings is 1. The predicted molar refractivity (Wildman–Crippen MR) is 84.2 cm³/mol. The molecule has 1 atom stereocenters. The molecule has 20 heavy (non-hydrogen) atoms. The first-order valence-corrected chi connectivity index (χ1v) is 9.34. The number of hydrogen-bond donors (Lipinski definition) is 1. The first-order valence-electron chi connectivity index (χ1n) is 8.52. The Balaban J connectivity index is 1.65. The van der Waals surface area contributed by atoms with Gasteiger partial charge in [-0.1, -0.05) is 19.3 Å². The van der Waals surface area contributed by atoms with Crippen LogP contribution in [0.15, 0.2) is 0 Å². The van der Waals surface area contributed by atoms with E-state index in [1.54, 1.807) is 4.88 Å². The van der Waals surface area contributed by atoms with E-state index in [9.17, 15) is 0 Å². The van der Waals surface area contributed by atoms with Crippen LogP contribution < -0.4 is 5.32 Å². The van der Waals surface area contributed by atoms with E-state index < -0.39 is 0 Å². The number of rotatable bonds is 4.